The Balaban J connectivity index is 1.70. The van der Waals surface area contributed by atoms with Crippen molar-refractivity contribution in [2.45, 2.75) is 0 Å². The topological polar surface area (TPSA) is 126 Å². The van der Waals surface area contributed by atoms with Crippen LogP contribution in [-0.4, -0.2) is 36.1 Å². The van der Waals surface area contributed by atoms with Crippen LogP contribution in [0.25, 0.3) is 22.6 Å². The van der Waals surface area contributed by atoms with Gasteiger partial charge in [0.25, 0.3) is 0 Å². The molecule has 4 rings (SSSR count). The molecular weight excluding hydrogens is 318 g/mol. The van der Waals surface area contributed by atoms with Gasteiger partial charge in [-0.15, -0.1) is 0 Å². The van der Waals surface area contributed by atoms with Crippen molar-refractivity contribution in [1.82, 2.24) is 30.4 Å². The first kappa shape index (κ1) is 14.8. The molecule has 0 radical (unpaired) electrons. The molecule has 8 heteroatoms. The van der Waals surface area contributed by atoms with E-state index in [-0.39, 0.29) is 11.7 Å². The largest absolute Gasteiger partial charge is 0.368 e. The zero-order valence-corrected chi connectivity index (χ0v) is 13.0. The van der Waals surface area contributed by atoms with Gasteiger partial charge < -0.3 is 10.7 Å². The molecule has 0 aliphatic carbocycles. The second kappa shape index (κ2) is 6.00. The minimum absolute atomic E-state index is 0.0943. The number of nitrogens with one attached hydrogen (secondary N) is 2. The molecule has 0 saturated carbocycles. The summed E-state index contributed by atoms with van der Waals surface area (Å²) in [5.41, 5.74) is 9.09. The van der Waals surface area contributed by atoms with E-state index >= 15 is 0 Å². The molecule has 0 fully saturated rings. The molecule has 0 saturated heterocycles. The molecule has 0 amide bonds. The van der Waals surface area contributed by atoms with Crippen LogP contribution in [0, 0.1) is 0 Å². The van der Waals surface area contributed by atoms with Gasteiger partial charge in [-0.1, -0.05) is 30.3 Å². The summed E-state index contributed by atoms with van der Waals surface area (Å²) in [5, 5.41) is 10.9. The van der Waals surface area contributed by atoms with Gasteiger partial charge in [0.15, 0.2) is 0 Å². The van der Waals surface area contributed by atoms with Gasteiger partial charge in [0.2, 0.25) is 11.7 Å². The summed E-state index contributed by atoms with van der Waals surface area (Å²) in [6, 6.07) is 12.5. The van der Waals surface area contributed by atoms with E-state index in [0.29, 0.717) is 28.3 Å². The summed E-state index contributed by atoms with van der Waals surface area (Å²) in [7, 11) is 0. The van der Waals surface area contributed by atoms with Crippen LogP contribution < -0.4 is 5.73 Å². The van der Waals surface area contributed by atoms with Crippen molar-refractivity contribution in [2.24, 2.45) is 0 Å². The van der Waals surface area contributed by atoms with Crippen LogP contribution in [0.1, 0.15) is 16.1 Å². The third kappa shape index (κ3) is 2.76. The van der Waals surface area contributed by atoms with E-state index in [0.717, 1.165) is 5.56 Å². The normalized spacial score (nSPS) is 10.7. The lowest BCUT2D eigenvalue weighted by Gasteiger charge is -1.99. The van der Waals surface area contributed by atoms with Crippen LogP contribution >= 0.6 is 0 Å². The lowest BCUT2D eigenvalue weighted by Crippen LogP contribution is -2.00. The van der Waals surface area contributed by atoms with E-state index in [1.165, 1.54) is 0 Å². The van der Waals surface area contributed by atoms with Crippen LogP contribution in [0.4, 0.5) is 5.95 Å². The lowest BCUT2D eigenvalue weighted by atomic mass is 10.1. The molecular formula is C17H13N7O. The van der Waals surface area contributed by atoms with Gasteiger partial charge in [-0.25, -0.2) is 9.97 Å². The molecule has 1 aromatic carbocycles. The van der Waals surface area contributed by atoms with Crippen molar-refractivity contribution in [3.8, 4) is 22.6 Å². The number of hydrogen-bond acceptors (Lipinski definition) is 6. The standard InChI is InChI=1S/C17H13N7O/c18-17-19-7-6-12(21-17)15-14(22-24-23-15)11-8-13(20-9-11)16(25)10-4-2-1-3-5-10/h1-9,20H,(H2,18,19,21)(H,22,23,24). The highest BCUT2D eigenvalue weighted by Crippen LogP contribution is 2.28. The number of anilines is 1. The lowest BCUT2D eigenvalue weighted by molar-refractivity contribution is 0.103. The first-order valence-electron chi connectivity index (χ1n) is 7.50. The van der Waals surface area contributed by atoms with Crippen molar-refractivity contribution in [3.63, 3.8) is 0 Å². The zero-order valence-electron chi connectivity index (χ0n) is 13.0. The predicted octanol–water partition coefficient (Wildman–Crippen LogP) is 2.07. The SMILES string of the molecule is Nc1nccc(-c2n[nH]nc2-c2c[nH]c(C(=O)c3ccccc3)c2)n1. The molecule has 0 atom stereocenters. The van der Waals surface area contributed by atoms with Crippen molar-refractivity contribution in [3.05, 3.63) is 66.1 Å². The number of nitrogen functional groups attached to an aromatic ring is 1. The number of ketones is 1. The molecule has 0 aliphatic rings. The second-order valence-electron chi connectivity index (χ2n) is 5.32. The number of H-pyrrole nitrogens is 2. The number of benzene rings is 1. The molecule has 0 spiro atoms. The second-order valence-corrected chi connectivity index (χ2v) is 5.32. The third-order valence-electron chi connectivity index (χ3n) is 3.70. The Morgan fingerprint density at radius 3 is 2.64 bits per heavy atom. The maximum atomic E-state index is 12.5. The first-order chi connectivity index (χ1) is 12.2. The number of aromatic nitrogens is 6. The van der Waals surface area contributed by atoms with Crippen LogP contribution in [0.3, 0.4) is 0 Å². The van der Waals surface area contributed by atoms with Gasteiger partial charge in [-0.2, -0.15) is 15.4 Å². The first-order valence-corrected chi connectivity index (χ1v) is 7.50. The Bertz CT molecular complexity index is 1040. The smallest absolute Gasteiger partial charge is 0.220 e. The Kier molecular flexibility index (Phi) is 3.55. The molecule has 0 unspecified atom stereocenters. The average molecular weight is 331 g/mol. The van der Waals surface area contributed by atoms with Gasteiger partial charge >= 0.3 is 0 Å². The van der Waals surface area contributed by atoms with E-state index in [2.05, 4.69) is 30.4 Å². The highest BCUT2D eigenvalue weighted by molar-refractivity contribution is 6.08. The Labute approximate surface area is 142 Å². The zero-order chi connectivity index (χ0) is 17.2. The molecule has 25 heavy (non-hydrogen) atoms. The van der Waals surface area contributed by atoms with Crippen LogP contribution in [0.2, 0.25) is 0 Å². The fraction of sp³-hybridized carbons (Fsp3) is 0. The van der Waals surface area contributed by atoms with Crippen LogP contribution in [0.5, 0.6) is 0 Å². The molecule has 0 aliphatic heterocycles. The van der Waals surface area contributed by atoms with Crippen molar-refractivity contribution >= 4 is 11.7 Å². The van der Waals surface area contributed by atoms with Gasteiger partial charge in [0, 0.05) is 23.5 Å². The number of hydrogen-bond donors (Lipinski definition) is 3. The van der Waals surface area contributed by atoms with Crippen molar-refractivity contribution in [1.29, 1.82) is 0 Å². The van der Waals surface area contributed by atoms with Crippen molar-refractivity contribution < 1.29 is 4.79 Å². The summed E-state index contributed by atoms with van der Waals surface area (Å²) in [4.78, 5) is 23.5. The quantitative estimate of drug-likeness (QED) is 0.491. The number of aromatic amines is 2. The highest BCUT2D eigenvalue weighted by atomic mass is 16.1. The average Bonchev–Trinajstić information content (AvgIpc) is 3.31. The molecule has 0 bridgehead atoms. The fourth-order valence-electron chi connectivity index (χ4n) is 2.52. The van der Waals surface area contributed by atoms with Gasteiger partial charge in [-0.05, 0) is 12.1 Å². The summed E-state index contributed by atoms with van der Waals surface area (Å²) < 4.78 is 0. The molecule has 122 valence electrons. The molecule has 4 aromatic rings. The summed E-state index contributed by atoms with van der Waals surface area (Å²) >= 11 is 0. The summed E-state index contributed by atoms with van der Waals surface area (Å²) in [5.74, 6) is 0.0589. The van der Waals surface area contributed by atoms with E-state index < -0.39 is 0 Å². The van der Waals surface area contributed by atoms with E-state index in [9.17, 15) is 4.79 Å². The van der Waals surface area contributed by atoms with E-state index in [1.807, 2.05) is 18.2 Å². The van der Waals surface area contributed by atoms with Crippen LogP contribution in [-0.2, 0) is 0 Å². The van der Waals surface area contributed by atoms with Gasteiger partial charge in [0.1, 0.15) is 11.4 Å². The van der Waals surface area contributed by atoms with E-state index in [1.54, 1.807) is 36.7 Å². The number of nitrogens with two attached hydrogens (primary N) is 1. The fourth-order valence-corrected chi connectivity index (χ4v) is 2.52. The van der Waals surface area contributed by atoms with Gasteiger partial charge in [-0.3, -0.25) is 4.79 Å². The monoisotopic (exact) mass is 331 g/mol. The number of rotatable bonds is 4. The maximum Gasteiger partial charge on any atom is 0.220 e. The predicted molar refractivity (Wildman–Crippen MR) is 91.5 cm³/mol. The summed E-state index contributed by atoms with van der Waals surface area (Å²) in [6.07, 6.45) is 3.26. The summed E-state index contributed by atoms with van der Waals surface area (Å²) in [6.45, 7) is 0. The Hall–Kier alpha value is -3.81. The molecule has 8 nitrogen and oxygen atoms in total. The third-order valence-corrected chi connectivity index (χ3v) is 3.70. The molecule has 4 N–H and O–H groups in total. The highest BCUT2D eigenvalue weighted by Gasteiger charge is 2.18. The number of carbonyl (C=O) groups excluding carboxylic acids is 1. The Morgan fingerprint density at radius 1 is 1.04 bits per heavy atom. The molecule has 3 heterocycles. The van der Waals surface area contributed by atoms with Crippen molar-refractivity contribution in [2.75, 3.05) is 5.73 Å². The number of carbonyl (C=O) groups is 1. The van der Waals surface area contributed by atoms with Crippen LogP contribution in [0.15, 0.2) is 54.9 Å². The minimum atomic E-state index is -0.0943. The Morgan fingerprint density at radius 2 is 1.84 bits per heavy atom. The maximum absolute atomic E-state index is 12.5. The van der Waals surface area contributed by atoms with E-state index in [4.69, 9.17) is 5.73 Å². The minimum Gasteiger partial charge on any atom is -0.368 e. The number of nitrogens with zero attached hydrogens (tertiary/aromatic N) is 4. The molecule has 3 aromatic heterocycles. The van der Waals surface area contributed by atoms with Gasteiger partial charge in [0.05, 0.1) is 11.4 Å².